The van der Waals surface area contributed by atoms with Gasteiger partial charge in [-0.2, -0.15) is 9.78 Å². The Bertz CT molecular complexity index is 1340. The number of hydrogen-bond donors (Lipinski definition) is 2. The second-order valence-electron chi connectivity index (χ2n) is 7.54. The van der Waals surface area contributed by atoms with Crippen LogP contribution in [0.2, 0.25) is 0 Å². The number of nitrogens with one attached hydrogen (secondary N) is 1. The number of aryl methyl sites for hydroxylation is 1. The maximum atomic E-state index is 13.0. The van der Waals surface area contributed by atoms with E-state index in [2.05, 4.69) is 31.2 Å². The number of carbonyl (C=O) groups excluding carboxylic acids is 1. The summed E-state index contributed by atoms with van der Waals surface area (Å²) in [6, 6.07) is 14.9. The smallest absolute Gasteiger partial charge is 0.294 e. The first-order chi connectivity index (χ1) is 17.0. The third kappa shape index (κ3) is 5.27. The lowest BCUT2D eigenvalue weighted by atomic mass is 10.1. The summed E-state index contributed by atoms with van der Waals surface area (Å²) in [5, 5.41) is 19.7. The van der Waals surface area contributed by atoms with Crippen LogP contribution < -0.4 is 20.6 Å². The molecule has 12 heteroatoms. The second kappa shape index (κ2) is 10.5. The summed E-state index contributed by atoms with van der Waals surface area (Å²) in [5.74, 6) is 0.939. The van der Waals surface area contributed by atoms with Crippen LogP contribution in [0.15, 0.2) is 58.3 Å². The molecule has 180 valence electrons. The summed E-state index contributed by atoms with van der Waals surface area (Å²) in [7, 11) is 3.18. The lowest BCUT2D eigenvalue weighted by molar-refractivity contribution is 0.0950. The van der Waals surface area contributed by atoms with Crippen molar-refractivity contribution in [2.45, 2.75) is 19.8 Å². The summed E-state index contributed by atoms with van der Waals surface area (Å²) in [5.41, 5.74) is 11.2. The van der Waals surface area contributed by atoms with Crippen LogP contribution in [0.3, 0.4) is 0 Å². The Kier molecular flexibility index (Phi) is 7.00. The first-order valence-electron chi connectivity index (χ1n) is 10.6. The zero-order valence-corrected chi connectivity index (χ0v) is 19.4. The average Bonchev–Trinajstić information content (AvgIpc) is 3.52. The molecule has 12 nitrogen and oxygen atoms in total. The van der Waals surface area contributed by atoms with Gasteiger partial charge in [-0.25, -0.2) is 10.1 Å². The van der Waals surface area contributed by atoms with Crippen molar-refractivity contribution in [3.05, 3.63) is 59.8 Å². The van der Waals surface area contributed by atoms with Gasteiger partial charge in [-0.3, -0.25) is 4.79 Å². The molecule has 0 aliphatic heterocycles. The zero-order valence-electron chi connectivity index (χ0n) is 19.4. The minimum atomic E-state index is -0.548. The van der Waals surface area contributed by atoms with Gasteiger partial charge >= 0.3 is 0 Å². The molecule has 4 rings (SSSR count). The van der Waals surface area contributed by atoms with Crippen molar-refractivity contribution in [2.75, 3.05) is 20.0 Å². The molecule has 4 aromatic rings. The van der Waals surface area contributed by atoms with Crippen LogP contribution in [0.5, 0.6) is 11.5 Å². The number of hydrazone groups is 1. The van der Waals surface area contributed by atoms with Gasteiger partial charge in [-0.05, 0) is 59.9 Å². The van der Waals surface area contributed by atoms with E-state index >= 15 is 0 Å². The topological polar surface area (TPSA) is 156 Å². The molecule has 0 fully saturated rings. The van der Waals surface area contributed by atoms with Crippen molar-refractivity contribution < 1.29 is 18.9 Å². The highest BCUT2D eigenvalue weighted by Crippen LogP contribution is 2.29. The van der Waals surface area contributed by atoms with E-state index in [0.29, 0.717) is 23.4 Å². The largest absolute Gasteiger partial charge is 0.497 e. The van der Waals surface area contributed by atoms with E-state index in [-0.39, 0.29) is 17.3 Å². The van der Waals surface area contributed by atoms with Gasteiger partial charge in [0.15, 0.2) is 5.69 Å². The molecule has 0 saturated carbocycles. The van der Waals surface area contributed by atoms with E-state index in [1.54, 1.807) is 38.5 Å². The number of rotatable bonds is 9. The maximum absolute atomic E-state index is 13.0. The van der Waals surface area contributed by atoms with Crippen LogP contribution in [0.25, 0.3) is 17.1 Å². The molecule has 0 saturated heterocycles. The van der Waals surface area contributed by atoms with Gasteiger partial charge < -0.3 is 15.2 Å². The number of nitrogen functional groups attached to an aromatic ring is 1. The lowest BCUT2D eigenvalue weighted by Crippen LogP contribution is -2.20. The molecule has 1 amide bonds. The number of ether oxygens (including phenoxy) is 2. The normalized spacial score (nSPS) is 11.3. The molecule has 2 heterocycles. The van der Waals surface area contributed by atoms with Crippen molar-refractivity contribution >= 4 is 17.4 Å². The molecule has 35 heavy (non-hydrogen) atoms. The molecule has 3 N–H and O–H groups in total. The van der Waals surface area contributed by atoms with Gasteiger partial charge in [-0.1, -0.05) is 29.5 Å². The monoisotopic (exact) mass is 476 g/mol. The number of nitrogens with two attached hydrogens (primary N) is 1. The van der Waals surface area contributed by atoms with Crippen LogP contribution >= 0.6 is 0 Å². The fourth-order valence-corrected chi connectivity index (χ4v) is 3.32. The molecule has 0 unspecified atom stereocenters. The molecule has 0 aliphatic rings. The first kappa shape index (κ1) is 23.4. The minimum Gasteiger partial charge on any atom is -0.497 e. The molecule has 2 aromatic heterocycles. The number of hydrogen-bond acceptors (Lipinski definition) is 10. The number of methoxy groups -OCH3 is 2. The van der Waals surface area contributed by atoms with E-state index in [1.807, 2.05) is 31.2 Å². The standard InChI is InChI=1S/C23H24N8O4/c1-14(7-8-15-9-11-17(33-2)12-10-15)25-27-23(32)19-20(16-5-4-6-18(13-16)34-3)31(30-26-19)22-21(24)28-35-29-22/h4-6,9-13H,7-8H2,1-3H3,(H2,24,28)(H,27,32). The molecule has 0 radical (unpaired) electrons. The first-order valence-corrected chi connectivity index (χ1v) is 10.6. The van der Waals surface area contributed by atoms with Crippen molar-refractivity contribution in [3.63, 3.8) is 0 Å². The predicted molar refractivity (Wildman–Crippen MR) is 128 cm³/mol. The van der Waals surface area contributed by atoms with Crippen LogP contribution in [-0.4, -0.2) is 51.1 Å². The Morgan fingerprint density at radius 3 is 2.57 bits per heavy atom. The molecular weight excluding hydrogens is 452 g/mol. The minimum absolute atomic E-state index is 0.00148. The van der Waals surface area contributed by atoms with Crippen molar-refractivity contribution in [1.29, 1.82) is 0 Å². The van der Waals surface area contributed by atoms with Gasteiger partial charge in [0.25, 0.3) is 5.91 Å². The third-order valence-corrected chi connectivity index (χ3v) is 5.21. The predicted octanol–water partition coefficient (Wildman–Crippen LogP) is 2.66. The van der Waals surface area contributed by atoms with Gasteiger partial charge in [0.05, 0.1) is 14.2 Å². The Morgan fingerprint density at radius 2 is 1.89 bits per heavy atom. The van der Waals surface area contributed by atoms with Crippen molar-refractivity contribution in [2.24, 2.45) is 5.10 Å². The van der Waals surface area contributed by atoms with Gasteiger partial charge in [0, 0.05) is 11.3 Å². The van der Waals surface area contributed by atoms with E-state index in [0.717, 1.165) is 23.4 Å². The van der Waals surface area contributed by atoms with Gasteiger partial charge in [-0.15, -0.1) is 5.10 Å². The summed E-state index contributed by atoms with van der Waals surface area (Å²) in [4.78, 5) is 13.0. The Hall–Kier alpha value is -4.74. The summed E-state index contributed by atoms with van der Waals surface area (Å²) < 4.78 is 16.5. The van der Waals surface area contributed by atoms with Crippen LogP contribution in [0, 0.1) is 0 Å². The number of aromatic nitrogens is 5. The summed E-state index contributed by atoms with van der Waals surface area (Å²) in [6.07, 6.45) is 1.42. The highest BCUT2D eigenvalue weighted by atomic mass is 16.6. The van der Waals surface area contributed by atoms with Crippen LogP contribution in [0.1, 0.15) is 29.4 Å². The molecular formula is C23H24N8O4. The quantitative estimate of drug-likeness (QED) is 0.274. The fourth-order valence-electron chi connectivity index (χ4n) is 3.32. The Morgan fingerprint density at radius 1 is 1.11 bits per heavy atom. The molecule has 0 spiro atoms. The van der Waals surface area contributed by atoms with Gasteiger partial charge in [0.1, 0.15) is 17.2 Å². The molecule has 2 aromatic carbocycles. The maximum Gasteiger partial charge on any atom is 0.294 e. The fraction of sp³-hybridized carbons (Fsp3) is 0.217. The number of amides is 1. The average molecular weight is 476 g/mol. The number of benzene rings is 2. The van der Waals surface area contributed by atoms with Crippen LogP contribution in [0.4, 0.5) is 5.82 Å². The third-order valence-electron chi connectivity index (χ3n) is 5.21. The summed E-state index contributed by atoms with van der Waals surface area (Å²) >= 11 is 0. The second-order valence-corrected chi connectivity index (χ2v) is 7.54. The lowest BCUT2D eigenvalue weighted by Gasteiger charge is -2.08. The van der Waals surface area contributed by atoms with E-state index in [9.17, 15) is 4.79 Å². The van der Waals surface area contributed by atoms with Crippen LogP contribution in [-0.2, 0) is 6.42 Å². The molecule has 0 bridgehead atoms. The van der Waals surface area contributed by atoms with E-state index in [4.69, 9.17) is 19.8 Å². The molecule has 0 aliphatic carbocycles. The highest BCUT2D eigenvalue weighted by molar-refractivity contribution is 5.99. The summed E-state index contributed by atoms with van der Waals surface area (Å²) in [6.45, 7) is 1.84. The Labute approximate surface area is 200 Å². The number of anilines is 1. The molecule has 0 atom stereocenters. The van der Waals surface area contributed by atoms with Crippen molar-refractivity contribution in [1.82, 2.24) is 30.7 Å². The van der Waals surface area contributed by atoms with Crippen molar-refractivity contribution in [3.8, 4) is 28.6 Å². The van der Waals surface area contributed by atoms with E-state index < -0.39 is 5.91 Å². The number of carbonyl (C=O) groups is 1. The SMILES string of the molecule is COc1ccc(CCC(C)=NNC(=O)c2nnn(-c3nonc3N)c2-c2cccc(OC)c2)cc1. The van der Waals surface area contributed by atoms with Gasteiger partial charge in [0.2, 0.25) is 11.6 Å². The van der Waals surface area contributed by atoms with E-state index in [1.165, 1.54) is 4.68 Å². The Balaban J connectivity index is 1.56. The zero-order chi connectivity index (χ0) is 24.8. The number of nitrogens with zero attached hydrogens (tertiary/aromatic N) is 6. The highest BCUT2D eigenvalue weighted by Gasteiger charge is 2.25.